The molecule has 0 radical (unpaired) electrons. The van der Waals surface area contributed by atoms with Crippen LogP contribution in [-0.4, -0.2) is 25.0 Å². The van der Waals surface area contributed by atoms with Gasteiger partial charge in [0.05, 0.1) is 12.2 Å². The van der Waals surface area contributed by atoms with Crippen LogP contribution in [-0.2, 0) is 16.0 Å². The van der Waals surface area contributed by atoms with Gasteiger partial charge in [-0.25, -0.2) is 4.79 Å². The molecule has 0 saturated heterocycles. The van der Waals surface area contributed by atoms with E-state index in [-0.39, 0.29) is 5.57 Å². The molecule has 0 aliphatic rings. The summed E-state index contributed by atoms with van der Waals surface area (Å²) in [5.41, 5.74) is 1.98. The molecule has 2 rings (SSSR count). The van der Waals surface area contributed by atoms with Crippen LogP contribution in [0.4, 0.5) is 5.69 Å². The zero-order valence-corrected chi connectivity index (χ0v) is 17.0. The molecule has 0 aromatic heterocycles. The lowest BCUT2D eigenvalue weighted by Gasteiger charge is -2.07. The lowest BCUT2D eigenvalue weighted by atomic mass is 10.1. The van der Waals surface area contributed by atoms with Crippen molar-refractivity contribution in [2.75, 3.05) is 18.5 Å². The highest BCUT2D eigenvalue weighted by molar-refractivity contribution is 9.10. The second-order valence-electron chi connectivity index (χ2n) is 5.75. The standard InChI is InChI=1S/C21H20BrN3O3/c1-2-28-21(27)16-5-9-19(10-6-16)25-20(26)17(13-23)14-24-12-11-15-3-7-18(22)8-4-15/h3-10,14,24H,2,11-12H2,1H3,(H,25,26)/b17-14-. The van der Waals surface area contributed by atoms with Gasteiger partial charge in [-0.05, 0) is 55.3 Å². The van der Waals surface area contributed by atoms with Crippen LogP contribution in [0.25, 0.3) is 0 Å². The van der Waals surface area contributed by atoms with E-state index in [1.54, 1.807) is 31.2 Å². The molecule has 2 N–H and O–H groups in total. The van der Waals surface area contributed by atoms with Crippen molar-refractivity contribution >= 4 is 33.5 Å². The van der Waals surface area contributed by atoms with Crippen LogP contribution in [0.15, 0.2) is 64.8 Å². The maximum absolute atomic E-state index is 12.2. The lowest BCUT2D eigenvalue weighted by Crippen LogP contribution is -2.18. The van der Waals surface area contributed by atoms with Crippen molar-refractivity contribution in [3.63, 3.8) is 0 Å². The van der Waals surface area contributed by atoms with E-state index in [1.807, 2.05) is 30.3 Å². The Hall–Kier alpha value is -3.11. The summed E-state index contributed by atoms with van der Waals surface area (Å²) in [4.78, 5) is 23.9. The highest BCUT2D eigenvalue weighted by Crippen LogP contribution is 2.12. The molecule has 0 heterocycles. The van der Waals surface area contributed by atoms with Gasteiger partial charge in [0.1, 0.15) is 11.6 Å². The maximum atomic E-state index is 12.2. The fourth-order valence-corrected chi connectivity index (χ4v) is 2.56. The quantitative estimate of drug-likeness (QED) is 0.281. The highest BCUT2D eigenvalue weighted by atomic mass is 79.9. The predicted octanol–water partition coefficient (Wildman–Crippen LogP) is 3.80. The number of anilines is 1. The van der Waals surface area contributed by atoms with Crippen molar-refractivity contribution in [1.82, 2.24) is 5.32 Å². The molecule has 2 aromatic rings. The molecule has 0 aliphatic heterocycles. The minimum atomic E-state index is -0.525. The van der Waals surface area contributed by atoms with Crippen LogP contribution in [0.3, 0.4) is 0 Å². The summed E-state index contributed by atoms with van der Waals surface area (Å²) in [6.45, 7) is 2.62. The van der Waals surface area contributed by atoms with Gasteiger partial charge in [-0.1, -0.05) is 28.1 Å². The fraction of sp³-hybridized carbons (Fsp3) is 0.190. The molecule has 2 aromatic carbocycles. The van der Waals surface area contributed by atoms with Gasteiger partial charge in [-0.2, -0.15) is 5.26 Å². The van der Waals surface area contributed by atoms with Crippen molar-refractivity contribution in [1.29, 1.82) is 5.26 Å². The fourth-order valence-electron chi connectivity index (χ4n) is 2.29. The summed E-state index contributed by atoms with van der Waals surface area (Å²) in [6.07, 6.45) is 2.17. The average molecular weight is 442 g/mol. The van der Waals surface area contributed by atoms with Crippen LogP contribution in [0.5, 0.6) is 0 Å². The minimum Gasteiger partial charge on any atom is -0.462 e. The number of esters is 1. The molecule has 6 nitrogen and oxygen atoms in total. The van der Waals surface area contributed by atoms with Crippen molar-refractivity contribution < 1.29 is 14.3 Å². The van der Waals surface area contributed by atoms with Crippen LogP contribution < -0.4 is 10.6 Å². The predicted molar refractivity (Wildman–Crippen MR) is 111 cm³/mol. The van der Waals surface area contributed by atoms with Gasteiger partial charge >= 0.3 is 5.97 Å². The number of rotatable bonds is 8. The van der Waals surface area contributed by atoms with Crippen molar-refractivity contribution in [3.05, 3.63) is 75.9 Å². The molecule has 0 atom stereocenters. The third-order valence-corrected chi connectivity index (χ3v) is 4.27. The number of ether oxygens (including phenoxy) is 1. The molecule has 0 bridgehead atoms. The highest BCUT2D eigenvalue weighted by Gasteiger charge is 2.10. The Labute approximate surface area is 172 Å². The normalized spacial score (nSPS) is 10.7. The molecule has 0 unspecified atom stereocenters. The van der Waals surface area contributed by atoms with E-state index in [0.29, 0.717) is 24.4 Å². The Morgan fingerprint density at radius 3 is 2.43 bits per heavy atom. The van der Waals surface area contributed by atoms with Gasteiger partial charge in [-0.3, -0.25) is 4.79 Å². The smallest absolute Gasteiger partial charge is 0.338 e. The number of nitrogens with zero attached hydrogens (tertiary/aromatic N) is 1. The number of benzene rings is 2. The molecule has 144 valence electrons. The van der Waals surface area contributed by atoms with E-state index in [4.69, 9.17) is 4.74 Å². The number of nitriles is 1. The van der Waals surface area contributed by atoms with Crippen LogP contribution in [0, 0.1) is 11.3 Å². The Morgan fingerprint density at radius 2 is 1.82 bits per heavy atom. The molecule has 0 aliphatic carbocycles. The van der Waals surface area contributed by atoms with E-state index in [9.17, 15) is 14.9 Å². The monoisotopic (exact) mass is 441 g/mol. The van der Waals surface area contributed by atoms with Gasteiger partial charge in [0.2, 0.25) is 0 Å². The van der Waals surface area contributed by atoms with E-state index in [1.165, 1.54) is 6.20 Å². The molecule has 0 fully saturated rings. The molecular formula is C21H20BrN3O3. The first-order chi connectivity index (χ1) is 13.5. The molecular weight excluding hydrogens is 422 g/mol. The molecule has 28 heavy (non-hydrogen) atoms. The Morgan fingerprint density at radius 1 is 1.14 bits per heavy atom. The third-order valence-electron chi connectivity index (χ3n) is 3.74. The first-order valence-electron chi connectivity index (χ1n) is 8.70. The van der Waals surface area contributed by atoms with Crippen molar-refractivity contribution in [2.24, 2.45) is 0 Å². The van der Waals surface area contributed by atoms with Gasteiger partial charge in [0.15, 0.2) is 0 Å². The lowest BCUT2D eigenvalue weighted by molar-refractivity contribution is -0.112. The van der Waals surface area contributed by atoms with E-state index in [0.717, 1.165) is 16.5 Å². The summed E-state index contributed by atoms with van der Waals surface area (Å²) < 4.78 is 5.92. The summed E-state index contributed by atoms with van der Waals surface area (Å²) in [5.74, 6) is -0.949. The van der Waals surface area contributed by atoms with Gasteiger partial charge in [0, 0.05) is 22.9 Å². The summed E-state index contributed by atoms with van der Waals surface area (Å²) in [7, 11) is 0. The molecule has 1 amide bonds. The summed E-state index contributed by atoms with van der Waals surface area (Å²) in [5, 5.41) is 14.8. The first-order valence-corrected chi connectivity index (χ1v) is 9.49. The summed E-state index contributed by atoms with van der Waals surface area (Å²) >= 11 is 3.39. The molecule has 0 spiro atoms. The Bertz CT molecular complexity index is 885. The second-order valence-corrected chi connectivity index (χ2v) is 6.67. The van der Waals surface area contributed by atoms with Crippen LogP contribution in [0.1, 0.15) is 22.8 Å². The Kier molecular flexibility index (Phi) is 8.25. The van der Waals surface area contributed by atoms with E-state index >= 15 is 0 Å². The van der Waals surface area contributed by atoms with Crippen LogP contribution in [0.2, 0.25) is 0 Å². The third kappa shape index (κ3) is 6.56. The number of carbonyl (C=O) groups is 2. The molecule has 7 heteroatoms. The number of hydrogen-bond acceptors (Lipinski definition) is 5. The number of carbonyl (C=O) groups excluding carboxylic acids is 2. The maximum Gasteiger partial charge on any atom is 0.338 e. The zero-order valence-electron chi connectivity index (χ0n) is 15.4. The topological polar surface area (TPSA) is 91.2 Å². The number of nitrogens with one attached hydrogen (secondary N) is 2. The van der Waals surface area contributed by atoms with E-state index in [2.05, 4.69) is 26.6 Å². The van der Waals surface area contributed by atoms with Crippen LogP contribution >= 0.6 is 15.9 Å². The number of hydrogen-bond donors (Lipinski definition) is 2. The molecule has 0 saturated carbocycles. The first kappa shape index (κ1) is 21.2. The van der Waals surface area contributed by atoms with Crippen molar-refractivity contribution in [3.8, 4) is 6.07 Å². The van der Waals surface area contributed by atoms with Gasteiger partial charge in [-0.15, -0.1) is 0 Å². The number of halogens is 1. The van der Waals surface area contributed by atoms with Gasteiger partial charge in [0.25, 0.3) is 5.91 Å². The zero-order chi connectivity index (χ0) is 20.4. The minimum absolute atomic E-state index is 0.0368. The van der Waals surface area contributed by atoms with Gasteiger partial charge < -0.3 is 15.4 Å². The largest absolute Gasteiger partial charge is 0.462 e. The second kappa shape index (κ2) is 10.9. The summed E-state index contributed by atoms with van der Waals surface area (Å²) in [6, 6.07) is 16.1. The van der Waals surface area contributed by atoms with E-state index < -0.39 is 11.9 Å². The SMILES string of the molecule is CCOC(=O)c1ccc(NC(=O)/C(C#N)=C\NCCc2ccc(Br)cc2)cc1. The number of amides is 1. The average Bonchev–Trinajstić information content (AvgIpc) is 2.70. The Balaban J connectivity index is 1.88. The van der Waals surface area contributed by atoms with Crippen molar-refractivity contribution in [2.45, 2.75) is 13.3 Å².